The molecule has 0 atom stereocenters. The largest absolute Gasteiger partial charge is 0.478 e. The van der Waals surface area contributed by atoms with Crippen LogP contribution in [0.4, 0.5) is 0 Å². The molecule has 0 fully saturated rings. The molecule has 0 aliphatic rings. The van der Waals surface area contributed by atoms with Gasteiger partial charge in [0, 0.05) is 6.42 Å². The van der Waals surface area contributed by atoms with Gasteiger partial charge in [-0.15, -0.1) is 5.10 Å². The molecule has 0 radical (unpaired) electrons. The van der Waals surface area contributed by atoms with Crippen molar-refractivity contribution >= 4 is 17.6 Å². The first-order chi connectivity index (χ1) is 8.13. The second kappa shape index (κ2) is 4.50. The van der Waals surface area contributed by atoms with E-state index in [0.717, 1.165) is 0 Å². The summed E-state index contributed by atoms with van der Waals surface area (Å²) in [5, 5.41) is 20.5. The highest BCUT2D eigenvalue weighted by Crippen LogP contribution is 2.22. The van der Waals surface area contributed by atoms with E-state index in [1.807, 2.05) is 6.92 Å². The molecule has 2 rings (SSSR count). The number of rotatable bonds is 3. The van der Waals surface area contributed by atoms with Crippen molar-refractivity contribution in [3.05, 3.63) is 34.6 Å². The van der Waals surface area contributed by atoms with Gasteiger partial charge in [-0.2, -0.15) is 4.68 Å². The summed E-state index contributed by atoms with van der Waals surface area (Å²) < 4.78 is 1.44. The number of nitrogens with zero attached hydrogens (tertiary/aromatic N) is 4. The Morgan fingerprint density at radius 2 is 2.29 bits per heavy atom. The van der Waals surface area contributed by atoms with Gasteiger partial charge in [0.25, 0.3) is 0 Å². The zero-order valence-corrected chi connectivity index (χ0v) is 9.72. The molecule has 1 aromatic heterocycles. The Kier molecular flexibility index (Phi) is 3.06. The molecule has 1 heterocycles. The Balaban J connectivity index is 2.58. The zero-order valence-electron chi connectivity index (χ0n) is 8.96. The Labute approximate surface area is 102 Å². The number of aromatic nitrogens is 4. The Morgan fingerprint density at radius 3 is 2.94 bits per heavy atom. The van der Waals surface area contributed by atoms with E-state index >= 15 is 0 Å². The first-order valence-corrected chi connectivity index (χ1v) is 5.31. The average molecular weight is 253 g/mol. The summed E-state index contributed by atoms with van der Waals surface area (Å²) >= 11 is 6.01. The molecule has 88 valence electrons. The van der Waals surface area contributed by atoms with Crippen LogP contribution in [0.1, 0.15) is 23.1 Å². The van der Waals surface area contributed by atoms with Crippen molar-refractivity contribution in [1.82, 2.24) is 20.2 Å². The van der Waals surface area contributed by atoms with Crippen molar-refractivity contribution in [3.63, 3.8) is 0 Å². The van der Waals surface area contributed by atoms with Gasteiger partial charge >= 0.3 is 5.97 Å². The first kappa shape index (κ1) is 11.5. The highest BCUT2D eigenvalue weighted by Gasteiger charge is 2.13. The fourth-order valence-corrected chi connectivity index (χ4v) is 1.62. The van der Waals surface area contributed by atoms with Gasteiger partial charge in [0.2, 0.25) is 0 Å². The number of aromatic carboxylic acids is 1. The smallest absolute Gasteiger partial charge is 0.335 e. The molecule has 0 spiro atoms. The second-order valence-corrected chi connectivity index (χ2v) is 3.74. The Bertz CT molecular complexity index is 567. The van der Waals surface area contributed by atoms with E-state index in [-0.39, 0.29) is 5.56 Å². The standard InChI is InChI=1S/C10H9ClN4O2/c1-2-9-12-13-14-15(9)8-5-6(10(16)17)3-4-7(8)11/h3-5H,2H2,1H3,(H,16,17). The van der Waals surface area contributed by atoms with Crippen molar-refractivity contribution < 1.29 is 9.90 Å². The maximum atomic E-state index is 10.9. The summed E-state index contributed by atoms with van der Waals surface area (Å²) in [6, 6.07) is 4.39. The van der Waals surface area contributed by atoms with Crippen LogP contribution in [0.5, 0.6) is 0 Å². The lowest BCUT2D eigenvalue weighted by Gasteiger charge is -2.06. The molecule has 2 aromatic rings. The summed E-state index contributed by atoms with van der Waals surface area (Å²) in [4.78, 5) is 10.9. The average Bonchev–Trinajstić information content (AvgIpc) is 2.77. The maximum Gasteiger partial charge on any atom is 0.335 e. The molecule has 0 unspecified atom stereocenters. The van der Waals surface area contributed by atoms with Crippen LogP contribution in [-0.4, -0.2) is 31.3 Å². The lowest BCUT2D eigenvalue weighted by molar-refractivity contribution is 0.0697. The summed E-state index contributed by atoms with van der Waals surface area (Å²) in [5.41, 5.74) is 0.607. The van der Waals surface area contributed by atoms with Crippen molar-refractivity contribution in [3.8, 4) is 5.69 Å². The van der Waals surface area contributed by atoms with Gasteiger partial charge in [-0.1, -0.05) is 18.5 Å². The first-order valence-electron chi connectivity index (χ1n) is 4.94. The minimum Gasteiger partial charge on any atom is -0.478 e. The van der Waals surface area contributed by atoms with Crippen molar-refractivity contribution in [1.29, 1.82) is 0 Å². The van der Waals surface area contributed by atoms with Crippen LogP contribution < -0.4 is 0 Å². The number of hydrogen-bond donors (Lipinski definition) is 1. The summed E-state index contributed by atoms with van der Waals surface area (Å²) in [6.07, 6.45) is 0.626. The third-order valence-corrected chi connectivity index (χ3v) is 2.59. The van der Waals surface area contributed by atoms with Crippen molar-refractivity contribution in [2.24, 2.45) is 0 Å². The number of tetrazole rings is 1. The normalized spacial score (nSPS) is 10.5. The lowest BCUT2D eigenvalue weighted by atomic mass is 10.2. The van der Waals surface area contributed by atoms with E-state index in [1.54, 1.807) is 0 Å². The molecular weight excluding hydrogens is 244 g/mol. The fraction of sp³-hybridized carbons (Fsp3) is 0.200. The van der Waals surface area contributed by atoms with Gasteiger partial charge in [0.15, 0.2) is 5.82 Å². The van der Waals surface area contributed by atoms with Crippen LogP contribution in [0, 0.1) is 0 Å². The summed E-state index contributed by atoms with van der Waals surface area (Å²) in [6.45, 7) is 1.90. The minimum atomic E-state index is -1.02. The predicted molar refractivity (Wildman–Crippen MR) is 60.5 cm³/mol. The molecule has 0 amide bonds. The molecule has 1 N–H and O–H groups in total. The molecule has 0 saturated carbocycles. The van der Waals surface area contributed by atoms with Crippen LogP contribution in [-0.2, 0) is 6.42 Å². The molecule has 6 nitrogen and oxygen atoms in total. The minimum absolute atomic E-state index is 0.141. The number of benzene rings is 1. The molecule has 7 heteroatoms. The summed E-state index contributed by atoms with van der Waals surface area (Å²) in [7, 11) is 0. The van der Waals surface area contributed by atoms with Crippen LogP contribution in [0.2, 0.25) is 5.02 Å². The topological polar surface area (TPSA) is 80.9 Å². The number of halogens is 1. The number of carbonyl (C=O) groups is 1. The molecule has 17 heavy (non-hydrogen) atoms. The van der Waals surface area contributed by atoms with Crippen LogP contribution in [0.25, 0.3) is 5.69 Å². The third kappa shape index (κ3) is 2.12. The van der Waals surface area contributed by atoms with E-state index in [4.69, 9.17) is 16.7 Å². The van der Waals surface area contributed by atoms with Crippen LogP contribution in [0.3, 0.4) is 0 Å². The van der Waals surface area contributed by atoms with E-state index in [9.17, 15) is 4.79 Å². The number of aryl methyl sites for hydroxylation is 1. The van der Waals surface area contributed by atoms with E-state index in [0.29, 0.717) is 23.0 Å². The molecule has 1 aromatic carbocycles. The quantitative estimate of drug-likeness (QED) is 0.897. The monoisotopic (exact) mass is 252 g/mol. The third-order valence-electron chi connectivity index (χ3n) is 2.27. The molecule has 0 aliphatic carbocycles. The number of carboxylic acids is 1. The van der Waals surface area contributed by atoms with Crippen LogP contribution >= 0.6 is 11.6 Å². The molecule has 0 saturated heterocycles. The maximum absolute atomic E-state index is 10.9. The van der Waals surface area contributed by atoms with Gasteiger partial charge < -0.3 is 5.11 Å². The molecule has 0 bridgehead atoms. The van der Waals surface area contributed by atoms with Crippen molar-refractivity contribution in [2.45, 2.75) is 13.3 Å². The molecule has 0 aliphatic heterocycles. The zero-order chi connectivity index (χ0) is 12.4. The lowest BCUT2D eigenvalue weighted by Crippen LogP contribution is -2.05. The fourth-order valence-electron chi connectivity index (χ4n) is 1.42. The Hall–Kier alpha value is -1.95. The highest BCUT2D eigenvalue weighted by molar-refractivity contribution is 6.32. The van der Waals surface area contributed by atoms with Gasteiger partial charge in [0.05, 0.1) is 16.3 Å². The highest BCUT2D eigenvalue weighted by atomic mass is 35.5. The van der Waals surface area contributed by atoms with E-state index in [1.165, 1.54) is 22.9 Å². The van der Waals surface area contributed by atoms with Gasteiger partial charge in [-0.25, -0.2) is 4.79 Å². The van der Waals surface area contributed by atoms with E-state index < -0.39 is 5.97 Å². The van der Waals surface area contributed by atoms with Gasteiger partial charge in [-0.05, 0) is 28.6 Å². The Morgan fingerprint density at radius 1 is 1.53 bits per heavy atom. The predicted octanol–water partition coefficient (Wildman–Crippen LogP) is 1.58. The second-order valence-electron chi connectivity index (χ2n) is 3.33. The SMILES string of the molecule is CCc1nnnn1-c1cc(C(=O)O)ccc1Cl. The van der Waals surface area contributed by atoms with Crippen molar-refractivity contribution in [2.75, 3.05) is 0 Å². The summed E-state index contributed by atoms with van der Waals surface area (Å²) in [5.74, 6) is -0.400. The van der Waals surface area contributed by atoms with Gasteiger partial charge in [-0.3, -0.25) is 0 Å². The molecular formula is C10H9ClN4O2. The number of hydrogen-bond acceptors (Lipinski definition) is 4. The number of carboxylic acid groups (broad SMARTS) is 1. The van der Waals surface area contributed by atoms with Crippen LogP contribution in [0.15, 0.2) is 18.2 Å². The van der Waals surface area contributed by atoms with E-state index in [2.05, 4.69) is 15.5 Å². The van der Waals surface area contributed by atoms with Gasteiger partial charge in [0.1, 0.15) is 0 Å².